The van der Waals surface area contributed by atoms with Crippen LogP contribution in [-0.2, 0) is 4.79 Å². The van der Waals surface area contributed by atoms with Crippen LogP contribution >= 0.6 is 15.9 Å². The molecule has 0 aliphatic carbocycles. The second-order valence-electron chi connectivity index (χ2n) is 4.18. The van der Waals surface area contributed by atoms with Crippen LogP contribution in [0.4, 0.5) is 4.39 Å². The van der Waals surface area contributed by atoms with Crippen molar-refractivity contribution in [3.63, 3.8) is 0 Å². The van der Waals surface area contributed by atoms with E-state index in [-0.39, 0.29) is 6.04 Å². The molecule has 0 fully saturated rings. The molecule has 1 aromatic carbocycles. The van der Waals surface area contributed by atoms with E-state index in [0.29, 0.717) is 16.6 Å². The van der Waals surface area contributed by atoms with Crippen LogP contribution in [0.3, 0.4) is 0 Å². The fourth-order valence-corrected chi connectivity index (χ4v) is 1.83. The number of benzene rings is 1. The van der Waals surface area contributed by atoms with Gasteiger partial charge in [-0.05, 0) is 12.1 Å². The van der Waals surface area contributed by atoms with Crippen LogP contribution in [0.1, 0.15) is 25.3 Å². The third-order valence-electron chi connectivity index (χ3n) is 2.41. The predicted molar refractivity (Wildman–Crippen MR) is 69.2 cm³/mol. The molecular formula is C12H16BrFN2O. The van der Waals surface area contributed by atoms with Crippen LogP contribution in [0.15, 0.2) is 22.7 Å². The van der Waals surface area contributed by atoms with Crippen molar-refractivity contribution in [2.24, 2.45) is 5.73 Å². The van der Waals surface area contributed by atoms with E-state index < -0.39 is 17.6 Å². The van der Waals surface area contributed by atoms with Gasteiger partial charge >= 0.3 is 0 Å². The Balaban J connectivity index is 2.93. The lowest BCUT2D eigenvalue weighted by Gasteiger charge is -2.17. The summed E-state index contributed by atoms with van der Waals surface area (Å²) in [6.07, 6.45) is 0. The summed E-state index contributed by atoms with van der Waals surface area (Å²) in [7, 11) is 0. The topological polar surface area (TPSA) is 55.1 Å². The molecule has 1 atom stereocenters. The summed E-state index contributed by atoms with van der Waals surface area (Å²) in [6, 6.07) is 4.83. The van der Waals surface area contributed by atoms with Gasteiger partial charge in [0.2, 0.25) is 5.91 Å². The molecule has 0 heterocycles. The van der Waals surface area contributed by atoms with Crippen molar-refractivity contribution in [3.05, 3.63) is 34.1 Å². The molecule has 0 bridgehead atoms. The first-order valence-electron chi connectivity index (χ1n) is 5.39. The summed E-state index contributed by atoms with van der Waals surface area (Å²) in [4.78, 5) is 11.4. The smallest absolute Gasteiger partial charge is 0.226 e. The van der Waals surface area contributed by atoms with Gasteiger partial charge in [0.25, 0.3) is 0 Å². The number of hydrogen-bond acceptors (Lipinski definition) is 2. The predicted octanol–water partition coefficient (Wildman–Crippen LogP) is 2.16. The lowest BCUT2D eigenvalue weighted by Crippen LogP contribution is -2.35. The van der Waals surface area contributed by atoms with Gasteiger partial charge in [0.15, 0.2) is 0 Å². The average Bonchev–Trinajstić information content (AvgIpc) is 2.20. The monoisotopic (exact) mass is 302 g/mol. The van der Waals surface area contributed by atoms with Crippen LogP contribution in [0.5, 0.6) is 0 Å². The normalized spacial score (nSPS) is 12.8. The molecule has 0 aliphatic heterocycles. The number of halogens is 2. The maximum Gasteiger partial charge on any atom is 0.226 e. The van der Waals surface area contributed by atoms with Crippen molar-refractivity contribution < 1.29 is 9.18 Å². The van der Waals surface area contributed by atoms with Crippen LogP contribution in [0.25, 0.3) is 0 Å². The quantitative estimate of drug-likeness (QED) is 0.876. The van der Waals surface area contributed by atoms with Gasteiger partial charge in [-0.25, -0.2) is 4.39 Å². The summed E-state index contributed by atoms with van der Waals surface area (Å²) in [5.41, 5.74) is 5.63. The molecule has 3 nitrogen and oxygen atoms in total. The minimum Gasteiger partial charge on any atom is -0.369 e. The molecule has 94 valence electrons. The molecular weight excluding hydrogens is 287 g/mol. The molecule has 0 saturated heterocycles. The first kappa shape index (κ1) is 14.1. The van der Waals surface area contributed by atoms with E-state index in [1.54, 1.807) is 12.1 Å². The van der Waals surface area contributed by atoms with Crippen molar-refractivity contribution >= 4 is 21.8 Å². The van der Waals surface area contributed by atoms with Gasteiger partial charge in [0.05, 0.1) is 5.92 Å². The van der Waals surface area contributed by atoms with Gasteiger partial charge in [-0.3, -0.25) is 4.79 Å². The van der Waals surface area contributed by atoms with Gasteiger partial charge in [0.1, 0.15) is 5.82 Å². The number of carbonyl (C=O) groups excluding carboxylic acids is 1. The van der Waals surface area contributed by atoms with Gasteiger partial charge in [-0.15, -0.1) is 0 Å². The zero-order valence-corrected chi connectivity index (χ0v) is 11.4. The van der Waals surface area contributed by atoms with Gasteiger partial charge in [-0.1, -0.05) is 35.8 Å². The molecule has 0 aliphatic rings. The van der Waals surface area contributed by atoms with Crippen LogP contribution in [-0.4, -0.2) is 18.5 Å². The van der Waals surface area contributed by atoms with Gasteiger partial charge < -0.3 is 11.1 Å². The third kappa shape index (κ3) is 4.09. The standard InChI is InChI=1S/C12H16BrFN2O/c1-7(2)16-6-10(12(15)17)9-4-3-8(13)5-11(9)14/h3-5,7,10,16H,6H2,1-2H3,(H2,15,17)/t10-/m1/s1. The molecule has 1 aromatic rings. The van der Waals surface area contributed by atoms with Gasteiger partial charge in [-0.2, -0.15) is 0 Å². The fraction of sp³-hybridized carbons (Fsp3) is 0.417. The molecule has 0 unspecified atom stereocenters. The Hall–Kier alpha value is -0.940. The molecule has 0 spiro atoms. The fourth-order valence-electron chi connectivity index (χ4n) is 1.50. The summed E-state index contributed by atoms with van der Waals surface area (Å²) in [5, 5.41) is 3.09. The van der Waals surface area contributed by atoms with Crippen molar-refractivity contribution in [1.82, 2.24) is 5.32 Å². The Kier molecular flexibility index (Phi) is 5.08. The van der Waals surface area contributed by atoms with E-state index >= 15 is 0 Å². The molecule has 3 N–H and O–H groups in total. The zero-order chi connectivity index (χ0) is 13.0. The molecule has 1 amide bonds. The molecule has 17 heavy (non-hydrogen) atoms. The second-order valence-corrected chi connectivity index (χ2v) is 5.10. The minimum absolute atomic E-state index is 0.218. The Morgan fingerprint density at radius 3 is 2.65 bits per heavy atom. The third-order valence-corrected chi connectivity index (χ3v) is 2.90. The Morgan fingerprint density at radius 1 is 1.53 bits per heavy atom. The summed E-state index contributed by atoms with van der Waals surface area (Å²) < 4.78 is 14.4. The number of nitrogens with one attached hydrogen (secondary N) is 1. The number of nitrogens with two attached hydrogens (primary N) is 1. The number of carbonyl (C=O) groups is 1. The first-order chi connectivity index (χ1) is 7.91. The SMILES string of the molecule is CC(C)NC[C@@H](C(N)=O)c1ccc(Br)cc1F. The van der Waals surface area contributed by atoms with Crippen molar-refractivity contribution in [2.45, 2.75) is 25.8 Å². The largest absolute Gasteiger partial charge is 0.369 e. The highest BCUT2D eigenvalue weighted by Crippen LogP contribution is 2.22. The summed E-state index contributed by atoms with van der Waals surface area (Å²) in [5.74, 6) is -1.60. The molecule has 1 rings (SSSR count). The molecule has 0 aromatic heterocycles. The average molecular weight is 303 g/mol. The summed E-state index contributed by atoms with van der Waals surface area (Å²) >= 11 is 3.17. The summed E-state index contributed by atoms with van der Waals surface area (Å²) in [6.45, 7) is 4.25. The van der Waals surface area contributed by atoms with Crippen molar-refractivity contribution in [1.29, 1.82) is 0 Å². The first-order valence-corrected chi connectivity index (χ1v) is 6.18. The van der Waals surface area contributed by atoms with E-state index in [9.17, 15) is 9.18 Å². The second kappa shape index (κ2) is 6.12. The Bertz CT molecular complexity index is 409. The number of amides is 1. The number of primary amides is 1. The highest BCUT2D eigenvalue weighted by molar-refractivity contribution is 9.10. The van der Waals surface area contributed by atoms with E-state index in [0.717, 1.165) is 0 Å². The van der Waals surface area contributed by atoms with Crippen molar-refractivity contribution in [2.75, 3.05) is 6.54 Å². The lowest BCUT2D eigenvalue weighted by atomic mass is 9.97. The van der Waals surface area contributed by atoms with Gasteiger partial charge in [0, 0.05) is 22.6 Å². The number of hydrogen-bond donors (Lipinski definition) is 2. The molecule has 0 radical (unpaired) electrons. The van der Waals surface area contributed by atoms with E-state index in [2.05, 4.69) is 21.2 Å². The minimum atomic E-state index is -0.648. The maximum absolute atomic E-state index is 13.7. The maximum atomic E-state index is 13.7. The highest BCUT2D eigenvalue weighted by atomic mass is 79.9. The zero-order valence-electron chi connectivity index (χ0n) is 9.84. The van der Waals surface area contributed by atoms with Crippen molar-refractivity contribution in [3.8, 4) is 0 Å². The van der Waals surface area contributed by atoms with E-state index in [4.69, 9.17) is 5.73 Å². The van der Waals surface area contributed by atoms with Crippen LogP contribution in [0, 0.1) is 5.82 Å². The Morgan fingerprint density at radius 2 is 2.18 bits per heavy atom. The molecule has 0 saturated carbocycles. The highest BCUT2D eigenvalue weighted by Gasteiger charge is 2.21. The van der Waals surface area contributed by atoms with Crippen LogP contribution in [0.2, 0.25) is 0 Å². The molecule has 5 heteroatoms. The van der Waals surface area contributed by atoms with E-state index in [1.807, 2.05) is 13.8 Å². The van der Waals surface area contributed by atoms with E-state index in [1.165, 1.54) is 6.07 Å². The Labute approximate surface area is 109 Å². The lowest BCUT2D eigenvalue weighted by molar-refractivity contribution is -0.119. The number of rotatable bonds is 5. The van der Waals surface area contributed by atoms with Crippen LogP contribution < -0.4 is 11.1 Å².